The average molecular weight is 368 g/mol. The van der Waals surface area contributed by atoms with Gasteiger partial charge in [-0.05, 0) is 37.6 Å². The van der Waals surface area contributed by atoms with Crippen molar-refractivity contribution in [3.8, 4) is 11.3 Å². The second-order valence-electron chi connectivity index (χ2n) is 5.54. The number of nitrogens with zero attached hydrogens (tertiary/aromatic N) is 4. The Hall–Kier alpha value is -2.87. The summed E-state index contributed by atoms with van der Waals surface area (Å²) in [4.78, 5) is 12.3. The maximum absolute atomic E-state index is 12.3. The number of aryl methyl sites for hydroxylation is 1. The van der Waals surface area contributed by atoms with Crippen LogP contribution in [0.25, 0.3) is 11.3 Å². The summed E-state index contributed by atoms with van der Waals surface area (Å²) in [5.41, 5.74) is 2.26. The zero-order chi connectivity index (χ0) is 18.4. The molecule has 0 atom stereocenters. The first-order valence-corrected chi connectivity index (χ1v) is 9.28. The molecule has 0 aliphatic heterocycles. The number of hydrogen-bond donors (Lipinski definition) is 2. The first-order valence-electron chi connectivity index (χ1n) is 8.47. The number of nitrogens with one attached hydrogen (secondary N) is 2. The van der Waals surface area contributed by atoms with Crippen LogP contribution in [0.3, 0.4) is 0 Å². The molecule has 0 unspecified atom stereocenters. The van der Waals surface area contributed by atoms with Crippen LogP contribution < -0.4 is 10.6 Å². The molecule has 0 spiro atoms. The summed E-state index contributed by atoms with van der Waals surface area (Å²) >= 11 is 1.52. The fourth-order valence-corrected chi connectivity index (χ4v) is 3.04. The van der Waals surface area contributed by atoms with Crippen molar-refractivity contribution in [3.63, 3.8) is 0 Å². The van der Waals surface area contributed by atoms with Crippen molar-refractivity contribution < 1.29 is 4.79 Å². The van der Waals surface area contributed by atoms with Gasteiger partial charge in [0.15, 0.2) is 0 Å². The zero-order valence-corrected chi connectivity index (χ0v) is 15.5. The van der Waals surface area contributed by atoms with Gasteiger partial charge in [0.25, 0.3) is 5.91 Å². The zero-order valence-electron chi connectivity index (χ0n) is 14.7. The van der Waals surface area contributed by atoms with Crippen LogP contribution >= 0.6 is 11.3 Å². The molecule has 2 N–H and O–H groups in total. The third kappa shape index (κ3) is 4.40. The summed E-state index contributed by atoms with van der Waals surface area (Å²) in [5, 5.41) is 24.2. The Morgan fingerprint density at radius 3 is 2.35 bits per heavy atom. The third-order valence-corrected chi connectivity index (χ3v) is 4.74. The van der Waals surface area contributed by atoms with E-state index in [-0.39, 0.29) is 5.91 Å². The van der Waals surface area contributed by atoms with Crippen molar-refractivity contribution in [2.24, 2.45) is 0 Å². The fraction of sp³-hybridized carbons (Fsp3) is 0.278. The van der Waals surface area contributed by atoms with Gasteiger partial charge in [-0.1, -0.05) is 30.4 Å². The Bertz CT molecular complexity index is 860. The van der Waals surface area contributed by atoms with E-state index in [9.17, 15) is 4.79 Å². The molecule has 0 fully saturated rings. The van der Waals surface area contributed by atoms with Gasteiger partial charge in [0, 0.05) is 17.7 Å². The maximum atomic E-state index is 12.3. The Morgan fingerprint density at radius 1 is 0.962 bits per heavy atom. The van der Waals surface area contributed by atoms with Gasteiger partial charge in [0.2, 0.25) is 0 Å². The summed E-state index contributed by atoms with van der Waals surface area (Å²) in [5.74, 6) is 0.605. The SMILES string of the molecule is CCNc1ccc(-c2ccc(C(=O)NCc3nnc(CC)s3)cc2)nn1. The summed E-state index contributed by atoms with van der Waals surface area (Å²) in [6.07, 6.45) is 0.853. The molecular formula is C18H20N6OS. The molecule has 3 aromatic rings. The lowest BCUT2D eigenvalue weighted by molar-refractivity contribution is 0.0951. The third-order valence-electron chi connectivity index (χ3n) is 3.68. The van der Waals surface area contributed by atoms with E-state index in [2.05, 4.69) is 31.0 Å². The molecule has 1 amide bonds. The molecule has 0 aliphatic rings. The number of anilines is 1. The molecule has 0 aliphatic carbocycles. The first-order chi connectivity index (χ1) is 12.7. The highest BCUT2D eigenvalue weighted by atomic mass is 32.1. The van der Waals surface area contributed by atoms with E-state index in [0.29, 0.717) is 12.1 Å². The predicted octanol–water partition coefficient (Wildman–Crippen LogP) is 2.92. The van der Waals surface area contributed by atoms with Crippen molar-refractivity contribution in [3.05, 3.63) is 52.0 Å². The quantitative estimate of drug-likeness (QED) is 0.666. The molecule has 3 rings (SSSR count). The highest BCUT2D eigenvalue weighted by Gasteiger charge is 2.09. The van der Waals surface area contributed by atoms with Crippen LogP contribution in [-0.4, -0.2) is 32.8 Å². The van der Waals surface area contributed by atoms with Gasteiger partial charge in [-0.3, -0.25) is 4.79 Å². The highest BCUT2D eigenvalue weighted by molar-refractivity contribution is 7.11. The van der Waals surface area contributed by atoms with Gasteiger partial charge in [-0.2, -0.15) is 0 Å². The number of amides is 1. The van der Waals surface area contributed by atoms with Crippen LogP contribution in [0.5, 0.6) is 0 Å². The van der Waals surface area contributed by atoms with Crippen LogP contribution in [0.1, 0.15) is 34.2 Å². The number of carbonyl (C=O) groups excluding carboxylic acids is 1. The lowest BCUT2D eigenvalue weighted by Gasteiger charge is -2.05. The maximum Gasteiger partial charge on any atom is 0.251 e. The van der Waals surface area contributed by atoms with E-state index in [1.165, 1.54) is 11.3 Å². The van der Waals surface area contributed by atoms with Crippen LogP contribution in [-0.2, 0) is 13.0 Å². The van der Waals surface area contributed by atoms with E-state index < -0.39 is 0 Å². The standard InChI is InChI=1S/C18H20N6OS/c1-3-16-23-24-17(26-16)11-20-18(25)13-7-5-12(6-8-13)14-9-10-15(19-4-2)22-21-14/h5-10H,3-4,11H2,1-2H3,(H,19,22)(H,20,25). The van der Waals surface area contributed by atoms with Gasteiger partial charge in [-0.25, -0.2) is 0 Å². The predicted molar refractivity (Wildman–Crippen MR) is 102 cm³/mol. The Kier molecular flexibility index (Phi) is 5.85. The van der Waals surface area contributed by atoms with Gasteiger partial charge in [0.05, 0.1) is 12.2 Å². The number of aromatic nitrogens is 4. The van der Waals surface area contributed by atoms with E-state index in [1.54, 1.807) is 12.1 Å². The monoisotopic (exact) mass is 368 g/mol. The molecular weight excluding hydrogens is 348 g/mol. The summed E-state index contributed by atoms with van der Waals surface area (Å²) < 4.78 is 0. The molecule has 0 saturated carbocycles. The molecule has 2 heterocycles. The van der Waals surface area contributed by atoms with Crippen molar-refractivity contribution in [1.29, 1.82) is 0 Å². The lowest BCUT2D eigenvalue weighted by atomic mass is 10.1. The van der Waals surface area contributed by atoms with Crippen LogP contribution in [0.4, 0.5) is 5.82 Å². The van der Waals surface area contributed by atoms with Crippen molar-refractivity contribution in [2.45, 2.75) is 26.8 Å². The van der Waals surface area contributed by atoms with Crippen molar-refractivity contribution in [1.82, 2.24) is 25.7 Å². The first kappa shape index (κ1) is 17.9. The number of benzene rings is 1. The normalized spacial score (nSPS) is 10.5. The molecule has 1 aromatic carbocycles. The van der Waals surface area contributed by atoms with Crippen LogP contribution in [0.2, 0.25) is 0 Å². The Morgan fingerprint density at radius 2 is 1.73 bits per heavy atom. The van der Waals surface area contributed by atoms with E-state index in [0.717, 1.165) is 40.1 Å². The Labute approximate surface area is 155 Å². The molecule has 2 aromatic heterocycles. The summed E-state index contributed by atoms with van der Waals surface area (Å²) in [6.45, 7) is 5.22. The van der Waals surface area contributed by atoms with Crippen LogP contribution in [0.15, 0.2) is 36.4 Å². The largest absolute Gasteiger partial charge is 0.369 e. The van der Waals surface area contributed by atoms with Crippen LogP contribution in [0, 0.1) is 0 Å². The molecule has 7 nitrogen and oxygen atoms in total. The number of carbonyl (C=O) groups is 1. The highest BCUT2D eigenvalue weighted by Crippen LogP contribution is 2.18. The Balaban J connectivity index is 1.61. The van der Waals surface area contributed by atoms with Gasteiger partial charge >= 0.3 is 0 Å². The second kappa shape index (κ2) is 8.48. The molecule has 134 valence electrons. The van der Waals surface area contributed by atoms with Gasteiger partial charge in [0.1, 0.15) is 15.8 Å². The lowest BCUT2D eigenvalue weighted by Crippen LogP contribution is -2.22. The topological polar surface area (TPSA) is 92.7 Å². The van der Waals surface area contributed by atoms with E-state index >= 15 is 0 Å². The summed E-state index contributed by atoms with van der Waals surface area (Å²) in [7, 11) is 0. The second-order valence-corrected chi connectivity index (χ2v) is 6.68. The fourth-order valence-electron chi connectivity index (χ4n) is 2.31. The van der Waals surface area contributed by atoms with Crippen molar-refractivity contribution >= 4 is 23.1 Å². The molecule has 0 bridgehead atoms. The molecule has 26 heavy (non-hydrogen) atoms. The molecule has 0 saturated heterocycles. The minimum atomic E-state index is -0.140. The van der Waals surface area contributed by atoms with E-state index in [1.807, 2.05) is 38.1 Å². The number of rotatable bonds is 7. The van der Waals surface area contributed by atoms with E-state index in [4.69, 9.17) is 0 Å². The van der Waals surface area contributed by atoms with Crippen molar-refractivity contribution in [2.75, 3.05) is 11.9 Å². The number of hydrogen-bond acceptors (Lipinski definition) is 7. The molecule has 0 radical (unpaired) electrons. The molecule has 8 heteroatoms. The van der Waals surface area contributed by atoms with Gasteiger partial charge in [-0.15, -0.1) is 20.4 Å². The minimum absolute atomic E-state index is 0.140. The smallest absolute Gasteiger partial charge is 0.251 e. The summed E-state index contributed by atoms with van der Waals surface area (Å²) in [6, 6.07) is 11.1. The van der Waals surface area contributed by atoms with Gasteiger partial charge < -0.3 is 10.6 Å². The minimum Gasteiger partial charge on any atom is -0.369 e. The average Bonchev–Trinajstić information content (AvgIpc) is 3.15.